The number of nitriles is 3. The van der Waals surface area contributed by atoms with E-state index in [1.165, 1.54) is 18.2 Å². The number of nitrogens with zero attached hydrogens (tertiary/aromatic N) is 3. The summed E-state index contributed by atoms with van der Waals surface area (Å²) in [6.07, 6.45) is 0. The van der Waals surface area contributed by atoms with Crippen molar-refractivity contribution < 1.29 is 4.79 Å². The Kier molecular flexibility index (Phi) is 5.77. The molecule has 0 bridgehead atoms. The number of allylic oxidation sites excluding steroid dienone is 2. The Hall–Kier alpha value is -3.01. The summed E-state index contributed by atoms with van der Waals surface area (Å²) in [4.78, 5) is 11.7. The second-order valence-corrected chi connectivity index (χ2v) is 4.17. The van der Waals surface area contributed by atoms with Crippen LogP contribution in [0.3, 0.4) is 0 Å². The van der Waals surface area contributed by atoms with Crippen molar-refractivity contribution in [3.63, 3.8) is 0 Å². The van der Waals surface area contributed by atoms with Gasteiger partial charge in [0.2, 0.25) is 0 Å². The lowest BCUT2D eigenvalue weighted by Gasteiger charge is -2.08. The van der Waals surface area contributed by atoms with Crippen molar-refractivity contribution in [1.82, 2.24) is 5.32 Å². The predicted molar refractivity (Wildman–Crippen MR) is 76.9 cm³/mol. The summed E-state index contributed by atoms with van der Waals surface area (Å²) in [5, 5.41) is 31.8. The Morgan fingerprint density at radius 3 is 2.38 bits per heavy atom. The third-order valence-corrected chi connectivity index (χ3v) is 2.72. The zero-order valence-electron chi connectivity index (χ0n) is 11.1. The van der Waals surface area contributed by atoms with Crippen LogP contribution < -0.4 is 10.6 Å². The van der Waals surface area contributed by atoms with Crippen LogP contribution in [0.25, 0.3) is 0 Å². The van der Waals surface area contributed by atoms with Crippen molar-refractivity contribution in [3.8, 4) is 18.2 Å². The monoisotopic (exact) mass is 299 g/mol. The van der Waals surface area contributed by atoms with E-state index in [1.54, 1.807) is 25.1 Å². The summed E-state index contributed by atoms with van der Waals surface area (Å²) >= 11 is 6.00. The number of nitrogens with one attached hydrogen (secondary N) is 2. The van der Waals surface area contributed by atoms with E-state index in [9.17, 15) is 4.79 Å². The summed E-state index contributed by atoms with van der Waals surface area (Å²) in [7, 11) is 0. The fourth-order valence-corrected chi connectivity index (χ4v) is 1.73. The number of anilines is 1. The molecular formula is C14H10ClN5O. The molecule has 0 heterocycles. The molecule has 0 aliphatic rings. The first-order valence-corrected chi connectivity index (χ1v) is 6.24. The van der Waals surface area contributed by atoms with E-state index >= 15 is 0 Å². The van der Waals surface area contributed by atoms with Crippen LogP contribution in [0.2, 0.25) is 5.02 Å². The van der Waals surface area contributed by atoms with Crippen LogP contribution in [-0.4, -0.2) is 12.5 Å². The number of carbonyl (C=O) groups excluding carboxylic acids is 1. The van der Waals surface area contributed by atoms with Crippen molar-refractivity contribution in [2.24, 2.45) is 0 Å². The minimum absolute atomic E-state index is 0.179. The minimum Gasteiger partial charge on any atom is -0.352 e. The van der Waals surface area contributed by atoms with Gasteiger partial charge in [-0.05, 0) is 25.1 Å². The van der Waals surface area contributed by atoms with E-state index in [-0.39, 0.29) is 22.2 Å². The summed E-state index contributed by atoms with van der Waals surface area (Å²) in [5.74, 6) is -0.306. The molecule has 6 nitrogen and oxygen atoms in total. The predicted octanol–water partition coefficient (Wildman–Crippen LogP) is 2.33. The molecule has 0 atom stereocenters. The Morgan fingerprint density at radius 2 is 1.90 bits per heavy atom. The van der Waals surface area contributed by atoms with Gasteiger partial charge < -0.3 is 10.6 Å². The zero-order chi connectivity index (χ0) is 15.8. The largest absolute Gasteiger partial charge is 0.352 e. The number of carbonyl (C=O) groups is 1. The fraction of sp³-hybridized carbons (Fsp3) is 0.143. The fourth-order valence-electron chi connectivity index (χ4n) is 1.46. The first-order chi connectivity index (χ1) is 10.1. The molecule has 1 aromatic rings. The van der Waals surface area contributed by atoms with Gasteiger partial charge >= 0.3 is 0 Å². The Bertz CT molecular complexity index is 702. The van der Waals surface area contributed by atoms with Gasteiger partial charge in [0.15, 0.2) is 5.57 Å². The van der Waals surface area contributed by atoms with Gasteiger partial charge in [-0.2, -0.15) is 15.8 Å². The summed E-state index contributed by atoms with van der Waals surface area (Å²) < 4.78 is 0. The maximum absolute atomic E-state index is 11.7. The molecule has 0 saturated heterocycles. The standard InChI is InChI=1S/C14H10ClN5O/c1-2-19-14(21)11-4-3-10(5-12(11)15)20-13(8-18)9(6-16)7-17/h3-5,20H,2H2,1H3,(H,19,21). The molecule has 21 heavy (non-hydrogen) atoms. The van der Waals surface area contributed by atoms with E-state index in [0.717, 1.165) is 0 Å². The molecular weight excluding hydrogens is 290 g/mol. The number of amides is 1. The molecule has 1 amide bonds. The van der Waals surface area contributed by atoms with Crippen LogP contribution in [0, 0.1) is 34.0 Å². The Labute approximate surface area is 126 Å². The molecule has 104 valence electrons. The highest BCUT2D eigenvalue weighted by Crippen LogP contribution is 2.22. The molecule has 0 saturated carbocycles. The van der Waals surface area contributed by atoms with Gasteiger partial charge in [0.25, 0.3) is 5.91 Å². The normalized spacial score (nSPS) is 8.71. The molecule has 0 aromatic heterocycles. The quantitative estimate of drug-likeness (QED) is 0.828. The molecule has 1 rings (SSSR count). The highest BCUT2D eigenvalue weighted by atomic mass is 35.5. The van der Waals surface area contributed by atoms with Gasteiger partial charge in [-0.1, -0.05) is 11.6 Å². The zero-order valence-corrected chi connectivity index (χ0v) is 11.8. The van der Waals surface area contributed by atoms with Gasteiger partial charge in [-0.25, -0.2) is 0 Å². The first-order valence-electron chi connectivity index (χ1n) is 5.86. The van der Waals surface area contributed by atoms with E-state index in [0.29, 0.717) is 17.8 Å². The molecule has 7 heteroatoms. The average molecular weight is 300 g/mol. The van der Waals surface area contributed by atoms with Gasteiger partial charge in [0, 0.05) is 12.2 Å². The van der Waals surface area contributed by atoms with Crippen molar-refractivity contribution in [3.05, 3.63) is 40.1 Å². The molecule has 0 spiro atoms. The lowest BCUT2D eigenvalue weighted by atomic mass is 10.1. The molecule has 1 aromatic carbocycles. The van der Waals surface area contributed by atoms with Gasteiger partial charge in [-0.3, -0.25) is 4.79 Å². The molecule has 0 radical (unpaired) electrons. The Morgan fingerprint density at radius 1 is 1.24 bits per heavy atom. The SMILES string of the molecule is CCNC(=O)c1ccc(NC(C#N)=C(C#N)C#N)cc1Cl. The maximum Gasteiger partial charge on any atom is 0.252 e. The summed E-state index contributed by atoms with van der Waals surface area (Å²) in [6, 6.07) is 9.43. The van der Waals surface area contributed by atoms with Crippen molar-refractivity contribution in [1.29, 1.82) is 15.8 Å². The van der Waals surface area contributed by atoms with Crippen LogP contribution in [0.5, 0.6) is 0 Å². The summed E-state index contributed by atoms with van der Waals surface area (Å²) in [6.45, 7) is 2.27. The summed E-state index contributed by atoms with van der Waals surface area (Å²) in [5.41, 5.74) is 0.184. The second-order valence-electron chi connectivity index (χ2n) is 3.76. The van der Waals surface area contributed by atoms with Gasteiger partial charge in [0.1, 0.15) is 23.9 Å². The Balaban J connectivity index is 3.10. The molecule has 2 N–H and O–H groups in total. The molecule has 0 aliphatic carbocycles. The van der Waals surface area contributed by atoms with Gasteiger partial charge in [-0.15, -0.1) is 0 Å². The van der Waals surface area contributed by atoms with E-state index in [1.807, 2.05) is 0 Å². The third kappa shape index (κ3) is 3.98. The lowest BCUT2D eigenvalue weighted by Crippen LogP contribution is -2.22. The van der Waals surface area contributed by atoms with Crippen LogP contribution in [-0.2, 0) is 0 Å². The number of benzene rings is 1. The number of hydrogen-bond acceptors (Lipinski definition) is 5. The van der Waals surface area contributed by atoms with E-state index < -0.39 is 0 Å². The van der Waals surface area contributed by atoms with E-state index in [2.05, 4.69) is 10.6 Å². The van der Waals surface area contributed by atoms with Crippen LogP contribution in [0.15, 0.2) is 29.5 Å². The molecule has 0 aliphatic heterocycles. The number of halogens is 1. The number of rotatable bonds is 4. The van der Waals surface area contributed by atoms with Crippen molar-refractivity contribution >= 4 is 23.2 Å². The smallest absolute Gasteiger partial charge is 0.252 e. The maximum atomic E-state index is 11.7. The third-order valence-electron chi connectivity index (χ3n) is 2.41. The first kappa shape index (κ1) is 16.0. The van der Waals surface area contributed by atoms with Crippen molar-refractivity contribution in [2.45, 2.75) is 6.92 Å². The topological polar surface area (TPSA) is 112 Å². The average Bonchev–Trinajstić information content (AvgIpc) is 2.47. The van der Waals surface area contributed by atoms with E-state index in [4.69, 9.17) is 27.4 Å². The van der Waals surface area contributed by atoms with Crippen molar-refractivity contribution in [2.75, 3.05) is 11.9 Å². The minimum atomic E-state index is -0.332. The highest BCUT2D eigenvalue weighted by molar-refractivity contribution is 6.34. The lowest BCUT2D eigenvalue weighted by molar-refractivity contribution is 0.0956. The van der Waals surface area contributed by atoms with Gasteiger partial charge in [0.05, 0.1) is 10.6 Å². The van der Waals surface area contributed by atoms with Crippen LogP contribution >= 0.6 is 11.6 Å². The molecule has 0 unspecified atom stereocenters. The number of hydrogen-bond donors (Lipinski definition) is 2. The van der Waals surface area contributed by atoms with Crippen LogP contribution in [0.1, 0.15) is 17.3 Å². The van der Waals surface area contributed by atoms with Crippen LogP contribution in [0.4, 0.5) is 5.69 Å². The second kappa shape index (κ2) is 7.55. The highest BCUT2D eigenvalue weighted by Gasteiger charge is 2.11. The molecule has 0 fully saturated rings.